The van der Waals surface area contributed by atoms with Crippen molar-refractivity contribution in [2.75, 3.05) is 35.4 Å². The number of esters is 1. The first-order valence-corrected chi connectivity index (χ1v) is 20.0. The molecular weight excluding hydrogens is 840 g/mol. The van der Waals surface area contributed by atoms with Crippen molar-refractivity contribution in [3.8, 4) is 24.2 Å². The van der Waals surface area contributed by atoms with Crippen LogP contribution in [0.1, 0.15) is 95.3 Å². The number of ether oxygens (including phenoxy) is 1. The standard InChI is InChI=1S/C24H27F3N2O4.C23H20N2O2.C2H7N.CH4O/c1-15(2)12-21(17-9-7-10-18(13-17)24(25,26)27)28-33-14-20-16(3)8-6-11-19(20)22(29-32-5)23(30)31-4;1-5-8-19-11-18(6-2)12-20(13-19)17(4)25-27-15-22-16(3)9-7-10-21(22)23(24)14-26;1-3-2;1-2/h6-11,13,15H,12,14H2,1-5H3;2,7,9-14,24H,15H2,1,3-4H3;3H,1-2H3;2H,1H3/b28-21+,29-22+;24-23?,25-17+;;. The highest BCUT2D eigenvalue weighted by atomic mass is 19.4. The number of benzene rings is 4. The smallest absolute Gasteiger partial charge is 0.416 e. The van der Waals surface area contributed by atoms with Crippen LogP contribution in [0.5, 0.6) is 0 Å². The van der Waals surface area contributed by atoms with Gasteiger partial charge >= 0.3 is 12.1 Å². The van der Waals surface area contributed by atoms with Crippen molar-refractivity contribution in [2.45, 2.75) is 67.4 Å². The molecule has 4 aromatic rings. The molecule has 0 saturated heterocycles. The summed E-state index contributed by atoms with van der Waals surface area (Å²) in [6.07, 6.45) is 2.00. The van der Waals surface area contributed by atoms with Crippen LogP contribution < -0.4 is 5.32 Å². The fraction of sp³-hybridized carbons (Fsp3) is 0.320. The van der Waals surface area contributed by atoms with Crippen LogP contribution in [0, 0.1) is 49.4 Å². The van der Waals surface area contributed by atoms with Crippen LogP contribution in [-0.2, 0) is 48.2 Å². The zero-order valence-corrected chi connectivity index (χ0v) is 38.7. The summed E-state index contributed by atoms with van der Waals surface area (Å²) in [6, 6.07) is 21.3. The Hall–Kier alpha value is -7.07. The number of nitrogens with zero attached hydrogens (tertiary/aromatic N) is 3. The average Bonchev–Trinajstić information content (AvgIpc) is 3.29. The highest BCUT2D eigenvalue weighted by molar-refractivity contribution is 6.43. The summed E-state index contributed by atoms with van der Waals surface area (Å²) < 4.78 is 44.3. The Kier molecular flexibility index (Phi) is 25.2. The fourth-order valence-corrected chi connectivity index (χ4v) is 5.74. The number of aliphatic hydroxyl groups is 1. The minimum atomic E-state index is -4.46. The number of terminal acetylenes is 1. The van der Waals surface area contributed by atoms with Crippen molar-refractivity contribution in [1.82, 2.24) is 5.32 Å². The van der Waals surface area contributed by atoms with E-state index in [0.29, 0.717) is 46.4 Å². The van der Waals surface area contributed by atoms with Gasteiger partial charge in [0.15, 0.2) is 12.0 Å². The Morgan fingerprint density at radius 3 is 1.94 bits per heavy atom. The maximum atomic E-state index is 13.2. The van der Waals surface area contributed by atoms with E-state index in [9.17, 15) is 22.8 Å². The molecule has 0 amide bonds. The number of methoxy groups -OCH3 is 1. The van der Waals surface area contributed by atoms with E-state index in [0.717, 1.165) is 52.6 Å². The summed E-state index contributed by atoms with van der Waals surface area (Å²) in [5.74, 6) is 7.92. The summed E-state index contributed by atoms with van der Waals surface area (Å²) in [5.41, 5.74) is 7.00. The number of aldehydes is 1. The second-order valence-electron chi connectivity index (χ2n) is 14.1. The molecule has 0 aliphatic carbocycles. The molecule has 3 N–H and O–H groups in total. The van der Waals surface area contributed by atoms with Gasteiger partial charge in [0.25, 0.3) is 0 Å². The number of carbonyl (C=O) groups is 2. The molecule has 4 rings (SSSR count). The summed E-state index contributed by atoms with van der Waals surface area (Å²) in [4.78, 5) is 39.0. The van der Waals surface area contributed by atoms with Crippen LogP contribution in [0.2, 0.25) is 0 Å². The first-order valence-electron chi connectivity index (χ1n) is 20.0. The third-order valence-corrected chi connectivity index (χ3v) is 8.75. The van der Waals surface area contributed by atoms with Gasteiger partial charge in [-0.2, -0.15) is 13.2 Å². The lowest BCUT2D eigenvalue weighted by Gasteiger charge is -2.14. The minimum absolute atomic E-state index is 0.0356. The Balaban J connectivity index is 0.000000600. The molecule has 65 heavy (non-hydrogen) atoms. The Morgan fingerprint density at radius 2 is 1.42 bits per heavy atom. The van der Waals surface area contributed by atoms with Crippen molar-refractivity contribution < 1.29 is 47.1 Å². The molecule has 0 radical (unpaired) electrons. The molecule has 0 unspecified atom stereocenters. The molecule has 0 aliphatic rings. The number of nitrogens with one attached hydrogen (secondary N) is 2. The summed E-state index contributed by atoms with van der Waals surface area (Å²) >= 11 is 0. The van der Waals surface area contributed by atoms with E-state index in [1.165, 1.54) is 20.3 Å². The lowest BCUT2D eigenvalue weighted by Crippen LogP contribution is -2.20. The molecule has 0 heterocycles. The van der Waals surface area contributed by atoms with Gasteiger partial charge in [0.05, 0.1) is 24.1 Å². The fourth-order valence-electron chi connectivity index (χ4n) is 5.74. The Morgan fingerprint density at radius 1 is 0.862 bits per heavy atom. The van der Waals surface area contributed by atoms with E-state index in [-0.39, 0.29) is 30.6 Å². The van der Waals surface area contributed by atoms with Crippen molar-refractivity contribution >= 4 is 35.1 Å². The van der Waals surface area contributed by atoms with E-state index >= 15 is 0 Å². The first-order chi connectivity index (χ1) is 31.0. The molecule has 0 saturated carbocycles. The second kappa shape index (κ2) is 29.3. The van der Waals surface area contributed by atoms with Crippen LogP contribution >= 0.6 is 0 Å². The molecule has 0 spiro atoms. The van der Waals surface area contributed by atoms with Crippen molar-refractivity contribution in [1.29, 1.82) is 5.41 Å². The molecule has 0 atom stereocenters. The number of alkyl halides is 3. The molecule has 346 valence electrons. The molecule has 0 bridgehead atoms. The maximum absolute atomic E-state index is 13.2. The third-order valence-electron chi connectivity index (χ3n) is 8.75. The number of carbonyl (C=O) groups excluding carboxylic acids is 2. The number of oxime groups is 3. The predicted molar refractivity (Wildman–Crippen MR) is 250 cm³/mol. The van der Waals surface area contributed by atoms with Gasteiger partial charge < -0.3 is 29.7 Å². The van der Waals surface area contributed by atoms with Gasteiger partial charge in [0, 0.05) is 46.1 Å². The third kappa shape index (κ3) is 18.3. The number of aryl methyl sites for hydroxylation is 2. The normalized spacial score (nSPS) is 11.1. The zero-order valence-electron chi connectivity index (χ0n) is 38.7. The van der Waals surface area contributed by atoms with E-state index < -0.39 is 17.7 Å². The average molecular weight is 898 g/mol. The molecule has 4 aromatic carbocycles. The lowest BCUT2D eigenvalue weighted by molar-refractivity contribution is -0.137. The molecule has 0 aromatic heterocycles. The SMILES string of the molecule is C#Cc1cc(C#CC)cc(/C(C)=N/OCc2c(C)cccc2C(=N)C=O)c1.CNC.CO.CO/N=C(/C(=O)OC)c1cccc(C)c1CO/N=C(\CC(C)C)c1cccc(C(F)(F)F)c1. The summed E-state index contributed by atoms with van der Waals surface area (Å²) in [7, 11) is 7.30. The van der Waals surface area contributed by atoms with Gasteiger partial charge in [-0.1, -0.05) is 89.7 Å². The van der Waals surface area contributed by atoms with Crippen LogP contribution in [0.3, 0.4) is 0 Å². The molecular formula is C50H58F3N5O7. The highest BCUT2D eigenvalue weighted by Crippen LogP contribution is 2.30. The number of hydrogen-bond acceptors (Lipinski definition) is 12. The van der Waals surface area contributed by atoms with E-state index in [1.54, 1.807) is 31.2 Å². The van der Waals surface area contributed by atoms with Gasteiger partial charge in [-0.3, -0.25) is 10.2 Å². The maximum Gasteiger partial charge on any atom is 0.416 e. The summed E-state index contributed by atoms with van der Waals surface area (Å²) in [5, 5.41) is 29.7. The van der Waals surface area contributed by atoms with Crippen LogP contribution in [0.25, 0.3) is 0 Å². The monoisotopic (exact) mass is 897 g/mol. The predicted octanol–water partition coefficient (Wildman–Crippen LogP) is 8.80. The van der Waals surface area contributed by atoms with Gasteiger partial charge in [-0.15, -0.1) is 12.3 Å². The lowest BCUT2D eigenvalue weighted by atomic mass is 9.98. The van der Waals surface area contributed by atoms with Crippen LogP contribution in [-0.4, -0.2) is 75.6 Å². The number of aliphatic hydroxyl groups excluding tert-OH is 1. The molecule has 15 heteroatoms. The zero-order chi connectivity index (χ0) is 49.1. The largest absolute Gasteiger partial charge is 0.464 e. The van der Waals surface area contributed by atoms with Gasteiger partial charge in [0.1, 0.15) is 26.0 Å². The first kappa shape index (κ1) is 55.9. The topological polar surface area (TPSA) is 164 Å². The highest BCUT2D eigenvalue weighted by Gasteiger charge is 2.31. The van der Waals surface area contributed by atoms with Gasteiger partial charge in [-0.25, -0.2) is 4.79 Å². The second-order valence-corrected chi connectivity index (χ2v) is 14.1. The van der Waals surface area contributed by atoms with E-state index in [4.69, 9.17) is 36.2 Å². The van der Waals surface area contributed by atoms with Crippen molar-refractivity contribution in [3.05, 3.63) is 140 Å². The van der Waals surface area contributed by atoms with Crippen LogP contribution in [0.15, 0.2) is 94.3 Å². The Labute approximate surface area is 380 Å². The molecule has 0 aliphatic heterocycles. The Bertz CT molecular complexity index is 2410. The van der Waals surface area contributed by atoms with Crippen molar-refractivity contribution in [3.63, 3.8) is 0 Å². The molecule has 0 fully saturated rings. The van der Waals surface area contributed by atoms with Gasteiger partial charge in [0.2, 0.25) is 0 Å². The quantitative estimate of drug-likeness (QED) is 0.0351. The minimum Gasteiger partial charge on any atom is -0.464 e. The van der Waals surface area contributed by atoms with Crippen molar-refractivity contribution in [2.24, 2.45) is 21.4 Å². The van der Waals surface area contributed by atoms with Crippen LogP contribution in [0.4, 0.5) is 13.2 Å². The van der Waals surface area contributed by atoms with Gasteiger partial charge in [-0.05, 0) is 101 Å². The summed E-state index contributed by atoms with van der Waals surface area (Å²) in [6.45, 7) is 11.3. The number of halogens is 3. The number of hydrogen-bond donors (Lipinski definition) is 3. The van der Waals surface area contributed by atoms with E-state index in [2.05, 4.69) is 38.5 Å². The molecule has 12 nitrogen and oxygen atoms in total. The van der Waals surface area contributed by atoms with E-state index in [1.807, 2.05) is 85.1 Å². The number of rotatable bonds is 15.